The molecule has 1 heterocycles. The van der Waals surface area contributed by atoms with Gasteiger partial charge < -0.3 is 10.5 Å². The predicted octanol–water partition coefficient (Wildman–Crippen LogP) is 0.980. The van der Waals surface area contributed by atoms with Crippen LogP contribution in [-0.4, -0.2) is 17.0 Å². The van der Waals surface area contributed by atoms with Crippen molar-refractivity contribution in [1.29, 1.82) is 5.26 Å². The van der Waals surface area contributed by atoms with E-state index in [1.165, 1.54) is 0 Å². The van der Waals surface area contributed by atoms with Gasteiger partial charge in [-0.15, -0.1) is 0 Å². The van der Waals surface area contributed by atoms with E-state index in [2.05, 4.69) is 4.98 Å². The van der Waals surface area contributed by atoms with Crippen LogP contribution < -0.4 is 5.73 Å². The average molecular weight is 233 g/mol. The molecule has 2 N–H and O–H groups in total. The van der Waals surface area contributed by atoms with Gasteiger partial charge in [-0.1, -0.05) is 19.9 Å². The van der Waals surface area contributed by atoms with E-state index in [-0.39, 0.29) is 12.5 Å². The number of hydrogen-bond acceptors (Lipinski definition) is 5. The minimum Gasteiger partial charge on any atom is -0.458 e. The van der Waals surface area contributed by atoms with Gasteiger partial charge in [0.25, 0.3) is 0 Å². The van der Waals surface area contributed by atoms with E-state index in [4.69, 9.17) is 15.7 Å². The molecule has 0 aliphatic carbocycles. The molecule has 0 bridgehead atoms. The summed E-state index contributed by atoms with van der Waals surface area (Å²) in [4.78, 5) is 15.5. The molecule has 0 radical (unpaired) electrons. The summed E-state index contributed by atoms with van der Waals surface area (Å²) in [5.41, 5.74) is 6.47. The Balaban J connectivity index is 2.56. The Morgan fingerprint density at radius 3 is 2.88 bits per heavy atom. The smallest absolute Gasteiger partial charge is 0.323 e. The zero-order chi connectivity index (χ0) is 12.8. The summed E-state index contributed by atoms with van der Waals surface area (Å²) in [6.07, 6.45) is 0. The standard InChI is InChI=1S/C12H15N3O2/c1-8(2)11(14)12(16)17-7-10-5-3-4-9(6-13)15-10/h3-5,8,11H,7,14H2,1-2H3. The van der Waals surface area contributed by atoms with E-state index < -0.39 is 12.0 Å². The van der Waals surface area contributed by atoms with Crippen LogP contribution in [-0.2, 0) is 16.1 Å². The van der Waals surface area contributed by atoms with Crippen LogP contribution in [0.25, 0.3) is 0 Å². The van der Waals surface area contributed by atoms with Gasteiger partial charge in [0, 0.05) is 0 Å². The predicted molar refractivity (Wildman–Crippen MR) is 61.6 cm³/mol. The van der Waals surface area contributed by atoms with Crippen molar-refractivity contribution in [3.05, 3.63) is 29.6 Å². The first-order chi connectivity index (χ1) is 8.04. The molecule has 17 heavy (non-hydrogen) atoms. The largest absolute Gasteiger partial charge is 0.458 e. The van der Waals surface area contributed by atoms with Gasteiger partial charge in [0.1, 0.15) is 24.4 Å². The first-order valence-corrected chi connectivity index (χ1v) is 5.33. The highest BCUT2D eigenvalue weighted by Crippen LogP contribution is 2.04. The van der Waals surface area contributed by atoms with E-state index in [1.807, 2.05) is 19.9 Å². The van der Waals surface area contributed by atoms with Gasteiger partial charge in [-0.25, -0.2) is 4.98 Å². The summed E-state index contributed by atoms with van der Waals surface area (Å²) < 4.78 is 5.01. The van der Waals surface area contributed by atoms with Crippen molar-refractivity contribution in [2.75, 3.05) is 0 Å². The van der Waals surface area contributed by atoms with E-state index in [0.29, 0.717) is 11.4 Å². The minimum absolute atomic E-state index is 0.0286. The Bertz CT molecular complexity index is 438. The first-order valence-electron chi connectivity index (χ1n) is 5.33. The maximum atomic E-state index is 11.5. The Morgan fingerprint density at radius 1 is 1.59 bits per heavy atom. The van der Waals surface area contributed by atoms with Crippen molar-refractivity contribution < 1.29 is 9.53 Å². The lowest BCUT2D eigenvalue weighted by atomic mass is 10.1. The molecule has 0 aromatic carbocycles. The monoisotopic (exact) mass is 233 g/mol. The number of esters is 1. The number of carbonyl (C=O) groups is 1. The molecule has 0 spiro atoms. The first kappa shape index (κ1) is 13.1. The molecule has 1 atom stereocenters. The third kappa shape index (κ3) is 3.85. The van der Waals surface area contributed by atoms with Crippen molar-refractivity contribution >= 4 is 5.97 Å². The molecule has 0 amide bonds. The van der Waals surface area contributed by atoms with Crippen LogP contribution in [0.1, 0.15) is 25.2 Å². The van der Waals surface area contributed by atoms with Crippen molar-refractivity contribution in [2.24, 2.45) is 11.7 Å². The molecule has 5 nitrogen and oxygen atoms in total. The van der Waals surface area contributed by atoms with Crippen molar-refractivity contribution in [3.8, 4) is 6.07 Å². The third-order valence-electron chi connectivity index (χ3n) is 2.27. The molecular weight excluding hydrogens is 218 g/mol. The summed E-state index contributed by atoms with van der Waals surface area (Å²) in [7, 11) is 0. The number of nitrogens with zero attached hydrogens (tertiary/aromatic N) is 2. The summed E-state index contributed by atoms with van der Waals surface area (Å²) >= 11 is 0. The second-order valence-electron chi connectivity index (χ2n) is 4.00. The number of pyridine rings is 1. The summed E-state index contributed by atoms with van der Waals surface area (Å²) in [6, 6.07) is 6.26. The van der Waals surface area contributed by atoms with E-state index in [0.717, 1.165) is 0 Å². The van der Waals surface area contributed by atoms with E-state index in [1.54, 1.807) is 18.2 Å². The van der Waals surface area contributed by atoms with Crippen LogP contribution in [0.15, 0.2) is 18.2 Å². The summed E-state index contributed by atoms with van der Waals surface area (Å²) in [5.74, 6) is -0.426. The van der Waals surface area contributed by atoms with Gasteiger partial charge in [-0.3, -0.25) is 4.79 Å². The molecule has 1 aromatic rings. The SMILES string of the molecule is CC(C)C(N)C(=O)OCc1cccc(C#N)n1. The summed E-state index contributed by atoms with van der Waals surface area (Å²) in [5, 5.41) is 8.66. The second-order valence-corrected chi connectivity index (χ2v) is 4.00. The van der Waals surface area contributed by atoms with E-state index >= 15 is 0 Å². The molecule has 1 aromatic heterocycles. The maximum absolute atomic E-state index is 11.5. The molecule has 0 saturated heterocycles. The quantitative estimate of drug-likeness (QED) is 0.783. The van der Waals surface area contributed by atoms with Crippen molar-refractivity contribution in [3.63, 3.8) is 0 Å². The van der Waals surface area contributed by atoms with Crippen LogP contribution >= 0.6 is 0 Å². The average Bonchev–Trinajstić information content (AvgIpc) is 2.35. The Labute approximate surface area is 100 Å². The fraction of sp³-hybridized carbons (Fsp3) is 0.417. The number of nitriles is 1. The van der Waals surface area contributed by atoms with Gasteiger partial charge in [0.2, 0.25) is 0 Å². The fourth-order valence-electron chi connectivity index (χ4n) is 1.14. The van der Waals surface area contributed by atoms with Gasteiger partial charge in [-0.2, -0.15) is 5.26 Å². The highest BCUT2D eigenvalue weighted by Gasteiger charge is 2.18. The number of ether oxygens (including phenoxy) is 1. The number of aromatic nitrogens is 1. The Morgan fingerprint density at radius 2 is 2.29 bits per heavy atom. The normalized spacial score (nSPS) is 11.9. The highest BCUT2D eigenvalue weighted by atomic mass is 16.5. The Hall–Kier alpha value is -1.93. The fourth-order valence-corrected chi connectivity index (χ4v) is 1.14. The maximum Gasteiger partial charge on any atom is 0.323 e. The van der Waals surface area contributed by atoms with Crippen LogP contribution in [0, 0.1) is 17.2 Å². The number of nitrogens with two attached hydrogens (primary N) is 1. The molecule has 0 aliphatic rings. The van der Waals surface area contributed by atoms with Gasteiger partial charge in [-0.05, 0) is 18.1 Å². The lowest BCUT2D eigenvalue weighted by Gasteiger charge is -2.14. The van der Waals surface area contributed by atoms with Gasteiger partial charge in [0.05, 0.1) is 5.69 Å². The number of rotatable bonds is 4. The number of hydrogen-bond donors (Lipinski definition) is 1. The lowest BCUT2D eigenvalue weighted by molar-refractivity contribution is -0.147. The van der Waals surface area contributed by atoms with Crippen molar-refractivity contribution in [1.82, 2.24) is 4.98 Å². The van der Waals surface area contributed by atoms with Crippen molar-refractivity contribution in [2.45, 2.75) is 26.5 Å². The molecule has 1 rings (SSSR count). The molecule has 0 fully saturated rings. The van der Waals surface area contributed by atoms with Crippen LogP contribution in [0.3, 0.4) is 0 Å². The molecule has 5 heteroatoms. The van der Waals surface area contributed by atoms with Crippen LogP contribution in [0.2, 0.25) is 0 Å². The summed E-state index contributed by atoms with van der Waals surface area (Å²) in [6.45, 7) is 3.73. The second kappa shape index (κ2) is 5.97. The zero-order valence-corrected chi connectivity index (χ0v) is 9.88. The zero-order valence-electron chi connectivity index (χ0n) is 9.88. The molecule has 90 valence electrons. The van der Waals surface area contributed by atoms with Gasteiger partial charge in [0.15, 0.2) is 0 Å². The molecule has 0 aliphatic heterocycles. The third-order valence-corrected chi connectivity index (χ3v) is 2.27. The van der Waals surface area contributed by atoms with Gasteiger partial charge >= 0.3 is 5.97 Å². The molecular formula is C12H15N3O2. The minimum atomic E-state index is -0.630. The molecule has 0 saturated carbocycles. The van der Waals surface area contributed by atoms with Crippen LogP contribution in [0.5, 0.6) is 0 Å². The topological polar surface area (TPSA) is 89.0 Å². The number of carbonyl (C=O) groups excluding carboxylic acids is 1. The molecule has 1 unspecified atom stereocenters. The van der Waals surface area contributed by atoms with Crippen LogP contribution in [0.4, 0.5) is 0 Å². The Kier molecular flexibility index (Phi) is 4.61. The lowest BCUT2D eigenvalue weighted by Crippen LogP contribution is -2.36. The van der Waals surface area contributed by atoms with E-state index in [9.17, 15) is 4.79 Å². The highest BCUT2D eigenvalue weighted by molar-refractivity contribution is 5.75.